The zero-order chi connectivity index (χ0) is 21.4. The lowest BCUT2D eigenvalue weighted by molar-refractivity contribution is -0.184. The highest BCUT2D eigenvalue weighted by molar-refractivity contribution is 7.85. The highest BCUT2D eigenvalue weighted by atomic mass is 35.5. The van der Waals surface area contributed by atoms with Gasteiger partial charge in [-0.25, -0.2) is 0 Å². The molecule has 3 rings (SSSR count). The molecule has 0 radical (unpaired) electrons. The molecular weight excluding hydrogens is 450 g/mol. The van der Waals surface area contributed by atoms with Gasteiger partial charge in [-0.05, 0) is 47.9 Å². The number of benzene rings is 2. The van der Waals surface area contributed by atoms with Gasteiger partial charge in [0.05, 0.1) is 12.9 Å². The van der Waals surface area contributed by atoms with E-state index in [9.17, 15) is 21.6 Å². The topological polar surface area (TPSA) is 46.6 Å². The molecule has 1 aliphatic rings. The molecule has 158 valence electrons. The number of hydrogen-bond donors (Lipinski definition) is 0. The molecule has 0 aromatic heterocycles. The van der Waals surface area contributed by atoms with Gasteiger partial charge in [0.2, 0.25) is 0 Å². The van der Waals surface area contributed by atoms with Crippen LogP contribution in [0, 0.1) is 0 Å². The molecule has 0 spiro atoms. The molecule has 0 bridgehead atoms. The Bertz CT molecular complexity index is 976. The average molecular weight is 468 g/mol. The molecule has 10 heteroatoms. The second kappa shape index (κ2) is 7.98. The molecular formula is C19H18Cl2F3NO3S. The molecule has 0 saturated carbocycles. The van der Waals surface area contributed by atoms with Crippen molar-refractivity contribution in [2.24, 2.45) is 0 Å². The third kappa shape index (κ3) is 4.99. The predicted molar refractivity (Wildman–Crippen MR) is 107 cm³/mol. The van der Waals surface area contributed by atoms with Crippen LogP contribution in [-0.4, -0.2) is 33.9 Å². The largest absolute Gasteiger partial charge is 0.400 e. The van der Waals surface area contributed by atoms with Gasteiger partial charge >= 0.3 is 6.18 Å². The van der Waals surface area contributed by atoms with Gasteiger partial charge in [0, 0.05) is 28.8 Å². The van der Waals surface area contributed by atoms with Crippen LogP contribution in [0.1, 0.15) is 17.5 Å². The van der Waals surface area contributed by atoms with Crippen molar-refractivity contribution in [3.8, 4) is 0 Å². The van der Waals surface area contributed by atoms with Gasteiger partial charge in [-0.3, -0.25) is 4.18 Å². The number of rotatable bonds is 5. The molecule has 1 saturated heterocycles. The zero-order valence-electron chi connectivity index (χ0n) is 15.3. The lowest BCUT2D eigenvalue weighted by Crippen LogP contribution is -2.44. The molecule has 4 nitrogen and oxygen atoms in total. The summed E-state index contributed by atoms with van der Waals surface area (Å²) in [6.07, 6.45) is -3.67. The fourth-order valence-corrected chi connectivity index (χ4v) is 4.35. The Labute approximate surface area is 177 Å². The summed E-state index contributed by atoms with van der Waals surface area (Å²) >= 11 is 11.9. The third-order valence-corrected chi connectivity index (χ3v) is 5.95. The van der Waals surface area contributed by atoms with Crippen molar-refractivity contribution in [3.05, 3.63) is 63.6 Å². The monoisotopic (exact) mass is 467 g/mol. The summed E-state index contributed by atoms with van der Waals surface area (Å²) in [5.74, 6) is 0. The van der Waals surface area contributed by atoms with Crippen molar-refractivity contribution >= 4 is 39.0 Å². The number of hydrogen-bond acceptors (Lipinski definition) is 4. The van der Waals surface area contributed by atoms with E-state index in [1.54, 1.807) is 29.2 Å². The van der Waals surface area contributed by atoms with E-state index in [0.29, 0.717) is 11.3 Å². The average Bonchev–Trinajstić information content (AvgIpc) is 3.06. The van der Waals surface area contributed by atoms with E-state index in [0.717, 1.165) is 6.26 Å². The Hall–Kier alpha value is -1.48. The van der Waals surface area contributed by atoms with Gasteiger partial charge < -0.3 is 4.90 Å². The summed E-state index contributed by atoms with van der Waals surface area (Å²) in [7, 11) is -3.57. The Morgan fingerprint density at radius 1 is 1.10 bits per heavy atom. The summed E-state index contributed by atoms with van der Waals surface area (Å²) < 4.78 is 69.3. The van der Waals surface area contributed by atoms with E-state index in [1.165, 1.54) is 18.2 Å². The Morgan fingerprint density at radius 2 is 1.69 bits per heavy atom. The summed E-state index contributed by atoms with van der Waals surface area (Å²) in [6.45, 7) is -0.207. The maximum Gasteiger partial charge on any atom is 0.400 e. The maximum atomic E-state index is 14.1. The second-order valence-electron chi connectivity index (χ2n) is 7.04. The number of nitrogens with zero attached hydrogens (tertiary/aromatic N) is 1. The van der Waals surface area contributed by atoms with Crippen LogP contribution in [0.3, 0.4) is 0 Å². The maximum absolute atomic E-state index is 14.1. The molecule has 2 aromatic rings. The van der Waals surface area contributed by atoms with Gasteiger partial charge in [0.15, 0.2) is 0 Å². The van der Waals surface area contributed by atoms with Crippen molar-refractivity contribution < 1.29 is 25.8 Å². The smallest absolute Gasteiger partial charge is 0.370 e. The van der Waals surface area contributed by atoms with Crippen molar-refractivity contribution in [3.63, 3.8) is 0 Å². The van der Waals surface area contributed by atoms with Crippen LogP contribution < -0.4 is 4.90 Å². The van der Waals surface area contributed by atoms with Crippen LogP contribution in [0.15, 0.2) is 42.5 Å². The summed E-state index contributed by atoms with van der Waals surface area (Å²) in [4.78, 5) is 1.64. The molecule has 0 aliphatic carbocycles. The van der Waals surface area contributed by atoms with E-state index in [-0.39, 0.29) is 41.7 Å². The van der Waals surface area contributed by atoms with Crippen LogP contribution in [0.5, 0.6) is 0 Å². The summed E-state index contributed by atoms with van der Waals surface area (Å²) in [6, 6.07) is 10.6. The van der Waals surface area contributed by atoms with Crippen molar-refractivity contribution in [1.82, 2.24) is 0 Å². The van der Waals surface area contributed by atoms with E-state index < -0.39 is 21.7 Å². The van der Waals surface area contributed by atoms with Crippen LogP contribution in [0.4, 0.5) is 18.9 Å². The summed E-state index contributed by atoms with van der Waals surface area (Å²) in [5.41, 5.74) is -0.836. The first-order chi connectivity index (χ1) is 13.4. The van der Waals surface area contributed by atoms with Crippen molar-refractivity contribution in [2.75, 3.05) is 24.2 Å². The lowest BCUT2D eigenvalue weighted by Gasteiger charge is -2.33. The molecule has 29 heavy (non-hydrogen) atoms. The van der Waals surface area contributed by atoms with E-state index in [1.807, 2.05) is 0 Å². The SMILES string of the molecule is CS(=O)(=O)OCc1ccc(N2CCC(c3cc(Cl)cc(Cl)c3)(C(F)(F)F)C2)cc1. The molecule has 1 aliphatic heterocycles. The number of anilines is 1. The van der Waals surface area contributed by atoms with E-state index >= 15 is 0 Å². The van der Waals surface area contributed by atoms with Gasteiger partial charge in [-0.1, -0.05) is 35.3 Å². The van der Waals surface area contributed by atoms with Crippen molar-refractivity contribution in [2.45, 2.75) is 24.6 Å². The second-order valence-corrected chi connectivity index (χ2v) is 9.56. The minimum atomic E-state index is -4.49. The Balaban J connectivity index is 1.85. The minimum Gasteiger partial charge on any atom is -0.370 e. The molecule has 1 atom stereocenters. The van der Waals surface area contributed by atoms with Crippen LogP contribution >= 0.6 is 23.2 Å². The van der Waals surface area contributed by atoms with Gasteiger partial charge in [-0.2, -0.15) is 21.6 Å². The van der Waals surface area contributed by atoms with Gasteiger partial charge in [0.1, 0.15) is 5.41 Å². The number of alkyl halides is 3. The first-order valence-corrected chi connectivity index (χ1v) is 11.2. The lowest BCUT2D eigenvalue weighted by atomic mass is 9.79. The quantitative estimate of drug-likeness (QED) is 0.568. The van der Waals surface area contributed by atoms with Crippen LogP contribution in [0.25, 0.3) is 0 Å². The molecule has 2 aromatic carbocycles. The molecule has 0 N–H and O–H groups in total. The summed E-state index contributed by atoms with van der Waals surface area (Å²) in [5, 5.41) is 0.314. The van der Waals surface area contributed by atoms with Gasteiger partial charge in [0.25, 0.3) is 10.1 Å². The third-order valence-electron chi connectivity index (χ3n) is 4.97. The minimum absolute atomic E-state index is 0.0446. The van der Waals surface area contributed by atoms with Crippen molar-refractivity contribution in [1.29, 1.82) is 0 Å². The molecule has 1 unspecified atom stereocenters. The van der Waals surface area contributed by atoms with Crippen LogP contribution in [0.2, 0.25) is 10.0 Å². The first-order valence-electron chi connectivity index (χ1n) is 8.61. The Morgan fingerprint density at radius 3 is 2.21 bits per heavy atom. The predicted octanol–water partition coefficient (Wildman–Crippen LogP) is 5.18. The van der Waals surface area contributed by atoms with Crippen LogP contribution in [-0.2, 0) is 26.3 Å². The van der Waals surface area contributed by atoms with Gasteiger partial charge in [-0.15, -0.1) is 0 Å². The molecule has 1 fully saturated rings. The highest BCUT2D eigenvalue weighted by Gasteiger charge is 2.59. The molecule has 0 amide bonds. The number of halogens is 5. The standard InChI is InChI=1S/C19H18Cl2F3NO3S/c1-29(26,27)28-11-13-2-4-17(5-3-13)25-7-6-18(12-25,19(22,23)24)14-8-15(20)10-16(21)9-14/h2-5,8-10H,6-7,11-12H2,1H3. The molecule has 1 heterocycles. The Kier molecular flexibility index (Phi) is 6.11. The highest BCUT2D eigenvalue weighted by Crippen LogP contribution is 2.49. The fourth-order valence-electron chi connectivity index (χ4n) is 3.47. The van der Waals surface area contributed by atoms with E-state index in [2.05, 4.69) is 0 Å². The fraction of sp³-hybridized carbons (Fsp3) is 0.368. The first kappa shape index (κ1) is 22.2. The zero-order valence-corrected chi connectivity index (χ0v) is 17.7. The normalized spacial score (nSPS) is 20.3. The van der Waals surface area contributed by atoms with E-state index in [4.69, 9.17) is 27.4 Å².